The topological polar surface area (TPSA) is 60.7 Å². The van der Waals surface area contributed by atoms with E-state index in [9.17, 15) is 4.79 Å². The van der Waals surface area contributed by atoms with E-state index in [1.165, 1.54) is 18.4 Å². The maximum Gasteiger partial charge on any atom is 0.244 e. The second kappa shape index (κ2) is 11.0. The zero-order valence-electron chi connectivity index (χ0n) is 21.7. The smallest absolute Gasteiger partial charge is 0.244 e. The maximum absolute atomic E-state index is 12.8. The SMILES string of the molecule is COc1c(/C(C)=C/C(=O)NCc2ccc(OCc3ccccc3)cc2)cc2c3c(oc2c1C)CCCC3. The molecule has 0 spiro atoms. The predicted molar refractivity (Wildman–Crippen MR) is 147 cm³/mol. The van der Waals surface area contributed by atoms with Gasteiger partial charge in [-0.1, -0.05) is 42.5 Å². The first-order valence-corrected chi connectivity index (χ1v) is 12.9. The third-order valence-electron chi connectivity index (χ3n) is 7.04. The molecule has 0 saturated carbocycles. The third-order valence-corrected chi connectivity index (χ3v) is 7.04. The van der Waals surface area contributed by atoms with Crippen LogP contribution < -0.4 is 14.8 Å². The predicted octanol–water partition coefficient (Wildman–Crippen LogP) is 6.93. The maximum atomic E-state index is 12.8. The number of carbonyl (C=O) groups excluding carboxylic acids is 1. The van der Waals surface area contributed by atoms with Crippen molar-refractivity contribution in [1.82, 2.24) is 5.32 Å². The number of amides is 1. The van der Waals surface area contributed by atoms with E-state index in [-0.39, 0.29) is 5.91 Å². The normalized spacial score (nSPS) is 13.3. The molecule has 37 heavy (non-hydrogen) atoms. The van der Waals surface area contributed by atoms with E-state index in [4.69, 9.17) is 13.9 Å². The van der Waals surface area contributed by atoms with Crippen molar-refractivity contribution in [1.29, 1.82) is 0 Å². The van der Waals surface area contributed by atoms with E-state index in [0.717, 1.165) is 68.9 Å². The Labute approximate surface area is 218 Å². The van der Waals surface area contributed by atoms with Gasteiger partial charge >= 0.3 is 0 Å². The van der Waals surface area contributed by atoms with Gasteiger partial charge in [-0.25, -0.2) is 0 Å². The Bertz CT molecular complexity index is 1430. The van der Waals surface area contributed by atoms with Gasteiger partial charge in [-0.15, -0.1) is 0 Å². The van der Waals surface area contributed by atoms with Crippen LogP contribution in [-0.2, 0) is 30.8 Å². The molecule has 1 aromatic heterocycles. The van der Waals surface area contributed by atoms with Crippen LogP contribution in [0.5, 0.6) is 11.5 Å². The molecular weight excluding hydrogens is 462 g/mol. The molecule has 0 radical (unpaired) electrons. The van der Waals surface area contributed by atoms with Crippen LogP contribution >= 0.6 is 0 Å². The number of hydrogen-bond donors (Lipinski definition) is 1. The van der Waals surface area contributed by atoms with Crippen molar-refractivity contribution < 1.29 is 18.7 Å². The largest absolute Gasteiger partial charge is 0.496 e. The summed E-state index contributed by atoms with van der Waals surface area (Å²) in [6.07, 6.45) is 6.01. The summed E-state index contributed by atoms with van der Waals surface area (Å²) >= 11 is 0. The number of allylic oxidation sites excluding steroid dienone is 1. The molecule has 5 rings (SSSR count). The molecular formula is C32H33NO4. The molecule has 0 saturated heterocycles. The van der Waals surface area contributed by atoms with E-state index in [0.29, 0.717) is 13.2 Å². The minimum atomic E-state index is -0.143. The summed E-state index contributed by atoms with van der Waals surface area (Å²) in [6.45, 7) is 4.94. The van der Waals surface area contributed by atoms with Crippen molar-refractivity contribution in [3.8, 4) is 11.5 Å². The highest BCUT2D eigenvalue weighted by Gasteiger charge is 2.23. The number of hydrogen-bond acceptors (Lipinski definition) is 4. The number of nitrogens with one attached hydrogen (secondary N) is 1. The highest BCUT2D eigenvalue weighted by Crippen LogP contribution is 2.41. The van der Waals surface area contributed by atoms with Crippen molar-refractivity contribution in [2.45, 2.75) is 52.7 Å². The monoisotopic (exact) mass is 495 g/mol. The van der Waals surface area contributed by atoms with E-state index in [1.807, 2.05) is 68.4 Å². The average Bonchev–Trinajstić information content (AvgIpc) is 3.31. The highest BCUT2D eigenvalue weighted by atomic mass is 16.5. The summed E-state index contributed by atoms with van der Waals surface area (Å²) in [5.74, 6) is 2.51. The molecule has 1 amide bonds. The van der Waals surface area contributed by atoms with Crippen molar-refractivity contribution in [2.75, 3.05) is 7.11 Å². The summed E-state index contributed by atoms with van der Waals surface area (Å²) in [6, 6.07) is 20.0. The third kappa shape index (κ3) is 5.41. The second-order valence-corrected chi connectivity index (χ2v) is 9.63. The van der Waals surface area contributed by atoms with Gasteiger partial charge in [0, 0.05) is 41.1 Å². The second-order valence-electron chi connectivity index (χ2n) is 9.63. The number of methoxy groups -OCH3 is 1. The Kier molecular flexibility index (Phi) is 7.31. The Morgan fingerprint density at radius 1 is 1.03 bits per heavy atom. The van der Waals surface area contributed by atoms with Crippen LogP contribution in [0.3, 0.4) is 0 Å². The fourth-order valence-electron chi connectivity index (χ4n) is 5.05. The van der Waals surface area contributed by atoms with E-state index >= 15 is 0 Å². The van der Waals surface area contributed by atoms with E-state index in [1.54, 1.807) is 13.2 Å². The van der Waals surface area contributed by atoms with E-state index < -0.39 is 0 Å². The Morgan fingerprint density at radius 3 is 2.54 bits per heavy atom. The lowest BCUT2D eigenvalue weighted by molar-refractivity contribution is -0.116. The van der Waals surface area contributed by atoms with Crippen molar-refractivity contribution in [3.05, 3.63) is 100 Å². The molecule has 0 aliphatic heterocycles. The number of ether oxygens (including phenoxy) is 2. The lowest BCUT2D eigenvalue weighted by Gasteiger charge is -2.14. The van der Waals surface area contributed by atoms with Gasteiger partial charge in [-0.3, -0.25) is 4.79 Å². The first-order valence-electron chi connectivity index (χ1n) is 12.9. The lowest BCUT2D eigenvalue weighted by atomic mass is 9.93. The summed E-state index contributed by atoms with van der Waals surface area (Å²) in [5, 5.41) is 4.14. The van der Waals surface area contributed by atoms with Crippen LogP contribution in [0.4, 0.5) is 0 Å². The first kappa shape index (κ1) is 24.7. The van der Waals surface area contributed by atoms with Gasteiger partial charge in [-0.05, 0) is 68.0 Å². The number of aryl methyl sites for hydroxylation is 3. The molecule has 0 bridgehead atoms. The highest BCUT2D eigenvalue weighted by molar-refractivity contribution is 5.98. The van der Waals surface area contributed by atoms with Gasteiger partial charge in [0.1, 0.15) is 29.4 Å². The van der Waals surface area contributed by atoms with Crippen LogP contribution in [0.25, 0.3) is 16.5 Å². The number of carbonyl (C=O) groups is 1. The molecule has 3 aromatic carbocycles. The zero-order chi connectivity index (χ0) is 25.8. The average molecular weight is 496 g/mol. The number of benzene rings is 3. The molecule has 0 fully saturated rings. The van der Waals surface area contributed by atoms with Crippen LogP contribution in [0, 0.1) is 6.92 Å². The van der Waals surface area contributed by atoms with Crippen LogP contribution in [0.2, 0.25) is 0 Å². The Morgan fingerprint density at radius 2 is 1.78 bits per heavy atom. The molecule has 5 heteroatoms. The molecule has 4 aromatic rings. The summed E-state index contributed by atoms with van der Waals surface area (Å²) < 4.78 is 17.8. The molecule has 1 heterocycles. The molecule has 5 nitrogen and oxygen atoms in total. The van der Waals surface area contributed by atoms with Gasteiger partial charge in [0.05, 0.1) is 7.11 Å². The summed E-state index contributed by atoms with van der Waals surface area (Å²) in [7, 11) is 1.67. The number of furan rings is 1. The quantitative estimate of drug-likeness (QED) is 0.269. The van der Waals surface area contributed by atoms with Crippen LogP contribution in [-0.4, -0.2) is 13.0 Å². The summed E-state index contributed by atoms with van der Waals surface area (Å²) in [4.78, 5) is 12.8. The summed E-state index contributed by atoms with van der Waals surface area (Å²) in [5.41, 5.74) is 7.10. The van der Waals surface area contributed by atoms with Gasteiger partial charge in [0.2, 0.25) is 5.91 Å². The van der Waals surface area contributed by atoms with Gasteiger partial charge in [0.15, 0.2) is 0 Å². The fourth-order valence-corrected chi connectivity index (χ4v) is 5.05. The Hall–Kier alpha value is -3.99. The minimum absolute atomic E-state index is 0.143. The minimum Gasteiger partial charge on any atom is -0.496 e. The first-order chi connectivity index (χ1) is 18.0. The fraction of sp³-hybridized carbons (Fsp3) is 0.281. The lowest BCUT2D eigenvalue weighted by Crippen LogP contribution is -2.20. The van der Waals surface area contributed by atoms with E-state index in [2.05, 4.69) is 11.4 Å². The van der Waals surface area contributed by atoms with Crippen molar-refractivity contribution in [3.63, 3.8) is 0 Å². The molecule has 0 unspecified atom stereocenters. The van der Waals surface area contributed by atoms with Crippen LogP contribution in [0.15, 0.2) is 71.2 Å². The zero-order valence-corrected chi connectivity index (χ0v) is 21.7. The van der Waals surface area contributed by atoms with Crippen LogP contribution in [0.1, 0.15) is 53.3 Å². The number of fused-ring (bicyclic) bond motifs is 3. The Balaban J connectivity index is 1.26. The van der Waals surface area contributed by atoms with Gasteiger partial charge < -0.3 is 19.2 Å². The van der Waals surface area contributed by atoms with Crippen molar-refractivity contribution in [2.24, 2.45) is 0 Å². The molecule has 0 atom stereocenters. The van der Waals surface area contributed by atoms with Crippen molar-refractivity contribution >= 4 is 22.4 Å². The number of rotatable bonds is 8. The molecule has 1 aliphatic rings. The van der Waals surface area contributed by atoms with Gasteiger partial charge in [0.25, 0.3) is 0 Å². The molecule has 190 valence electrons. The molecule has 1 N–H and O–H groups in total. The van der Waals surface area contributed by atoms with Gasteiger partial charge in [-0.2, -0.15) is 0 Å². The standard InChI is InChI=1S/C32H33NO4/c1-21(27-18-28-26-11-7-8-12-29(26)37-32(28)22(2)31(27)35-3)17-30(34)33-19-23-13-15-25(16-14-23)36-20-24-9-5-4-6-10-24/h4-6,9-10,13-18H,7-8,11-12,19-20H2,1-3H3,(H,33,34)/b21-17+. The molecule has 1 aliphatic carbocycles.